The van der Waals surface area contributed by atoms with Gasteiger partial charge in [-0.25, -0.2) is 15.0 Å². The number of aryl methyl sites for hydroxylation is 1. The summed E-state index contributed by atoms with van der Waals surface area (Å²) in [5.74, 6) is 3.16. The molecule has 1 aliphatic carbocycles. The maximum absolute atomic E-state index is 4.84. The first-order valence-corrected chi connectivity index (χ1v) is 8.59. The van der Waals surface area contributed by atoms with Crippen molar-refractivity contribution in [3.05, 3.63) is 71.8 Å². The normalized spacial score (nSPS) is 14.3. The molecule has 0 spiro atoms. The van der Waals surface area contributed by atoms with E-state index in [4.69, 9.17) is 10.1 Å². The number of nitrogens with zero attached hydrogens (tertiary/aromatic N) is 6. The van der Waals surface area contributed by atoms with Crippen LogP contribution in [0.2, 0.25) is 0 Å². The minimum Gasteiger partial charge on any atom is -0.303 e. The molecule has 0 bridgehead atoms. The van der Waals surface area contributed by atoms with Crippen LogP contribution in [0.5, 0.6) is 0 Å². The molecule has 0 aliphatic heterocycles. The molecule has 124 valence electrons. The third-order valence-corrected chi connectivity index (χ3v) is 4.65. The Balaban J connectivity index is 1.62. The van der Waals surface area contributed by atoms with Crippen LogP contribution in [0.1, 0.15) is 41.8 Å². The van der Waals surface area contributed by atoms with E-state index in [2.05, 4.69) is 14.4 Å². The lowest BCUT2D eigenvalue weighted by Gasteiger charge is -2.05. The lowest BCUT2D eigenvalue weighted by molar-refractivity contribution is 0.767. The van der Waals surface area contributed by atoms with Crippen molar-refractivity contribution in [2.75, 3.05) is 0 Å². The van der Waals surface area contributed by atoms with Gasteiger partial charge in [-0.2, -0.15) is 4.68 Å². The van der Waals surface area contributed by atoms with Crippen LogP contribution in [0.25, 0.3) is 11.5 Å². The van der Waals surface area contributed by atoms with Crippen LogP contribution in [0.15, 0.2) is 48.8 Å². The van der Waals surface area contributed by atoms with Gasteiger partial charge in [0.25, 0.3) is 0 Å². The zero-order chi connectivity index (χ0) is 16.8. The molecule has 5 rings (SSSR count). The molecular weight excluding hydrogens is 312 g/mol. The van der Waals surface area contributed by atoms with Crippen molar-refractivity contribution in [1.82, 2.24) is 29.1 Å². The summed E-state index contributed by atoms with van der Waals surface area (Å²) in [6.07, 6.45) is 6.87. The fourth-order valence-electron chi connectivity index (χ4n) is 3.18. The number of hydrogen-bond donors (Lipinski definition) is 0. The highest BCUT2D eigenvalue weighted by Gasteiger charge is 2.29. The molecule has 0 saturated heterocycles. The van der Waals surface area contributed by atoms with Gasteiger partial charge >= 0.3 is 0 Å². The quantitative estimate of drug-likeness (QED) is 0.577. The standard InChI is InChI=1S/C19H18N6/c1-13-15(24-11-5-3-7-17(24)21-13)12-18-22-19(14-8-9-14)23-25(18)16-6-2-4-10-20-16/h2-7,10-11,14H,8-9,12H2,1H3. The molecule has 1 saturated carbocycles. The lowest BCUT2D eigenvalue weighted by Crippen LogP contribution is -2.07. The van der Waals surface area contributed by atoms with Crippen molar-refractivity contribution in [2.45, 2.75) is 32.1 Å². The zero-order valence-electron chi connectivity index (χ0n) is 14.0. The largest absolute Gasteiger partial charge is 0.303 e. The van der Waals surface area contributed by atoms with E-state index >= 15 is 0 Å². The van der Waals surface area contributed by atoms with Crippen molar-refractivity contribution in [1.29, 1.82) is 0 Å². The van der Waals surface area contributed by atoms with Gasteiger partial charge in [0.2, 0.25) is 0 Å². The number of rotatable bonds is 4. The van der Waals surface area contributed by atoms with Gasteiger partial charge in [-0.3, -0.25) is 0 Å². The number of aromatic nitrogens is 6. The van der Waals surface area contributed by atoms with Crippen LogP contribution in [0.4, 0.5) is 0 Å². The average Bonchev–Trinajstić information content (AvgIpc) is 3.34. The second-order valence-electron chi connectivity index (χ2n) is 6.51. The van der Waals surface area contributed by atoms with E-state index in [9.17, 15) is 0 Å². The summed E-state index contributed by atoms with van der Waals surface area (Å²) in [7, 11) is 0. The third-order valence-electron chi connectivity index (χ3n) is 4.65. The van der Waals surface area contributed by atoms with E-state index in [1.807, 2.05) is 54.2 Å². The van der Waals surface area contributed by atoms with Gasteiger partial charge in [-0.05, 0) is 44.0 Å². The zero-order valence-corrected chi connectivity index (χ0v) is 14.0. The Bertz CT molecular complexity index is 1040. The highest BCUT2D eigenvalue weighted by atomic mass is 15.4. The Labute approximate surface area is 145 Å². The first-order chi connectivity index (χ1) is 12.3. The molecular formula is C19H18N6. The van der Waals surface area contributed by atoms with Gasteiger partial charge in [0, 0.05) is 18.3 Å². The molecule has 0 aromatic carbocycles. The number of imidazole rings is 1. The summed E-state index contributed by atoms with van der Waals surface area (Å²) in [6, 6.07) is 11.9. The molecule has 6 heteroatoms. The summed E-state index contributed by atoms with van der Waals surface area (Å²) in [6.45, 7) is 2.05. The Kier molecular flexibility index (Phi) is 3.16. The molecule has 25 heavy (non-hydrogen) atoms. The topological polar surface area (TPSA) is 60.9 Å². The van der Waals surface area contributed by atoms with Crippen LogP contribution >= 0.6 is 0 Å². The van der Waals surface area contributed by atoms with E-state index in [0.717, 1.165) is 34.5 Å². The maximum Gasteiger partial charge on any atom is 0.155 e. The summed E-state index contributed by atoms with van der Waals surface area (Å²) in [5, 5.41) is 4.75. The van der Waals surface area contributed by atoms with Crippen LogP contribution in [0.3, 0.4) is 0 Å². The van der Waals surface area contributed by atoms with Crippen LogP contribution in [0, 0.1) is 6.92 Å². The minimum absolute atomic E-state index is 0.506. The first kappa shape index (κ1) is 14.3. The van der Waals surface area contributed by atoms with E-state index in [-0.39, 0.29) is 0 Å². The summed E-state index contributed by atoms with van der Waals surface area (Å²) in [4.78, 5) is 14.0. The molecule has 0 N–H and O–H groups in total. The van der Waals surface area contributed by atoms with Crippen molar-refractivity contribution >= 4 is 5.65 Å². The van der Waals surface area contributed by atoms with Crippen molar-refractivity contribution in [3.63, 3.8) is 0 Å². The monoisotopic (exact) mass is 330 g/mol. The molecule has 4 aromatic rings. The Morgan fingerprint density at radius 3 is 2.76 bits per heavy atom. The van der Waals surface area contributed by atoms with Gasteiger partial charge in [-0.1, -0.05) is 12.1 Å². The van der Waals surface area contributed by atoms with E-state index < -0.39 is 0 Å². The predicted octanol–water partition coefficient (Wildman–Crippen LogP) is 3.09. The van der Waals surface area contributed by atoms with Gasteiger partial charge < -0.3 is 4.40 Å². The van der Waals surface area contributed by atoms with Crippen molar-refractivity contribution in [2.24, 2.45) is 0 Å². The Morgan fingerprint density at radius 1 is 1.08 bits per heavy atom. The molecule has 0 radical (unpaired) electrons. The van der Waals surface area contributed by atoms with E-state index in [1.165, 1.54) is 12.8 Å². The fourth-order valence-corrected chi connectivity index (χ4v) is 3.18. The average molecular weight is 330 g/mol. The minimum atomic E-state index is 0.506. The predicted molar refractivity (Wildman–Crippen MR) is 93.9 cm³/mol. The number of fused-ring (bicyclic) bond motifs is 1. The first-order valence-electron chi connectivity index (χ1n) is 8.59. The lowest BCUT2D eigenvalue weighted by atomic mass is 10.2. The molecule has 4 heterocycles. The van der Waals surface area contributed by atoms with E-state index in [0.29, 0.717) is 12.3 Å². The molecule has 6 nitrogen and oxygen atoms in total. The van der Waals surface area contributed by atoms with Crippen LogP contribution in [-0.4, -0.2) is 29.1 Å². The molecule has 1 aliphatic rings. The van der Waals surface area contributed by atoms with Gasteiger partial charge in [0.1, 0.15) is 11.5 Å². The molecule has 0 unspecified atom stereocenters. The number of hydrogen-bond acceptors (Lipinski definition) is 4. The smallest absolute Gasteiger partial charge is 0.155 e. The Morgan fingerprint density at radius 2 is 1.96 bits per heavy atom. The van der Waals surface area contributed by atoms with Gasteiger partial charge in [0.05, 0.1) is 17.8 Å². The third kappa shape index (κ3) is 2.50. The second kappa shape index (κ2) is 5.51. The van der Waals surface area contributed by atoms with Crippen LogP contribution in [-0.2, 0) is 6.42 Å². The second-order valence-corrected chi connectivity index (χ2v) is 6.51. The Hall–Kier alpha value is -3.02. The van der Waals surface area contributed by atoms with Crippen molar-refractivity contribution in [3.8, 4) is 5.82 Å². The molecule has 1 fully saturated rings. The molecule has 0 atom stereocenters. The SMILES string of the molecule is Cc1nc2ccccn2c1Cc1nc(C2CC2)nn1-c1ccccn1. The molecule has 4 aromatic heterocycles. The van der Waals surface area contributed by atoms with E-state index in [1.54, 1.807) is 6.20 Å². The van der Waals surface area contributed by atoms with Crippen LogP contribution < -0.4 is 0 Å². The summed E-state index contributed by atoms with van der Waals surface area (Å²) in [5.41, 5.74) is 3.12. The van der Waals surface area contributed by atoms with Gasteiger partial charge in [-0.15, -0.1) is 5.10 Å². The fraction of sp³-hybridized carbons (Fsp3) is 0.263. The van der Waals surface area contributed by atoms with Crippen molar-refractivity contribution < 1.29 is 0 Å². The summed E-state index contributed by atoms with van der Waals surface area (Å²) >= 11 is 0. The summed E-state index contributed by atoms with van der Waals surface area (Å²) < 4.78 is 4.01. The molecule has 0 amide bonds. The highest BCUT2D eigenvalue weighted by molar-refractivity contribution is 5.43. The number of pyridine rings is 2. The maximum atomic E-state index is 4.84. The highest BCUT2D eigenvalue weighted by Crippen LogP contribution is 2.38. The van der Waals surface area contributed by atoms with Gasteiger partial charge in [0.15, 0.2) is 11.6 Å².